The number of fused-ring (bicyclic) bond motifs is 2. The molecule has 2 fully saturated rings. The van der Waals surface area contributed by atoms with Crippen LogP contribution in [0.15, 0.2) is 48.7 Å². The summed E-state index contributed by atoms with van der Waals surface area (Å²) in [6.07, 6.45) is 5.79. The SMILES string of the molecule is CN(C)c1ccc(C(=O)N2C3CCC2CC(Oc2ccccn2)C3)cc1. The van der Waals surface area contributed by atoms with Crippen LogP contribution >= 0.6 is 0 Å². The molecular weight excluding hydrogens is 326 g/mol. The fourth-order valence-corrected chi connectivity index (χ4v) is 4.19. The Hall–Kier alpha value is -2.56. The zero-order valence-corrected chi connectivity index (χ0v) is 15.3. The lowest BCUT2D eigenvalue weighted by atomic mass is 9.98. The van der Waals surface area contributed by atoms with E-state index in [0.717, 1.165) is 36.9 Å². The highest BCUT2D eigenvalue weighted by Gasteiger charge is 2.44. The van der Waals surface area contributed by atoms with Crippen molar-refractivity contribution in [3.63, 3.8) is 0 Å². The van der Waals surface area contributed by atoms with E-state index in [-0.39, 0.29) is 24.1 Å². The topological polar surface area (TPSA) is 45.7 Å². The highest BCUT2D eigenvalue weighted by Crippen LogP contribution is 2.38. The summed E-state index contributed by atoms with van der Waals surface area (Å²) in [6.45, 7) is 0. The first-order valence-electron chi connectivity index (χ1n) is 9.29. The van der Waals surface area contributed by atoms with Gasteiger partial charge in [0.05, 0.1) is 0 Å². The average Bonchev–Trinajstić information content (AvgIpc) is 2.92. The van der Waals surface area contributed by atoms with Gasteiger partial charge in [0.1, 0.15) is 6.10 Å². The Balaban J connectivity index is 1.45. The van der Waals surface area contributed by atoms with Gasteiger partial charge in [0.2, 0.25) is 5.88 Å². The van der Waals surface area contributed by atoms with E-state index in [4.69, 9.17) is 4.74 Å². The number of piperidine rings is 1. The Bertz CT molecular complexity index is 747. The van der Waals surface area contributed by atoms with Crippen LogP contribution in [-0.2, 0) is 0 Å². The molecule has 2 aromatic rings. The number of pyridine rings is 1. The average molecular weight is 351 g/mol. The fraction of sp³-hybridized carbons (Fsp3) is 0.429. The van der Waals surface area contributed by atoms with Crippen LogP contribution in [-0.4, -0.2) is 48.1 Å². The van der Waals surface area contributed by atoms with Crippen molar-refractivity contribution in [2.75, 3.05) is 19.0 Å². The molecule has 2 unspecified atom stereocenters. The molecule has 26 heavy (non-hydrogen) atoms. The lowest BCUT2D eigenvalue weighted by molar-refractivity contribution is 0.0348. The Kier molecular flexibility index (Phi) is 4.53. The number of amides is 1. The van der Waals surface area contributed by atoms with Crippen molar-refractivity contribution in [2.45, 2.75) is 43.9 Å². The van der Waals surface area contributed by atoms with E-state index >= 15 is 0 Å². The van der Waals surface area contributed by atoms with Crippen molar-refractivity contribution < 1.29 is 9.53 Å². The molecule has 2 atom stereocenters. The van der Waals surface area contributed by atoms with Crippen LogP contribution in [0.5, 0.6) is 5.88 Å². The number of hydrogen-bond acceptors (Lipinski definition) is 4. The largest absolute Gasteiger partial charge is 0.474 e. The summed E-state index contributed by atoms with van der Waals surface area (Å²) in [7, 11) is 4.01. The molecule has 0 saturated carbocycles. The van der Waals surface area contributed by atoms with Crippen LogP contribution in [0.4, 0.5) is 5.69 Å². The summed E-state index contributed by atoms with van der Waals surface area (Å²) in [5.41, 5.74) is 1.88. The van der Waals surface area contributed by atoms with Gasteiger partial charge in [-0.15, -0.1) is 0 Å². The molecule has 0 N–H and O–H groups in total. The minimum Gasteiger partial charge on any atom is -0.474 e. The van der Waals surface area contributed by atoms with Crippen LogP contribution in [0.1, 0.15) is 36.0 Å². The summed E-state index contributed by atoms with van der Waals surface area (Å²) in [5, 5.41) is 0. The van der Waals surface area contributed by atoms with E-state index in [2.05, 4.69) is 9.88 Å². The second-order valence-electron chi connectivity index (χ2n) is 7.42. The third-order valence-electron chi connectivity index (χ3n) is 5.48. The number of carbonyl (C=O) groups is 1. The van der Waals surface area contributed by atoms with Gasteiger partial charge in [-0.2, -0.15) is 0 Å². The third kappa shape index (κ3) is 3.26. The van der Waals surface area contributed by atoms with Gasteiger partial charge in [0.25, 0.3) is 5.91 Å². The Morgan fingerprint density at radius 1 is 1.08 bits per heavy atom. The molecule has 0 aliphatic carbocycles. The maximum Gasteiger partial charge on any atom is 0.254 e. The number of carbonyl (C=O) groups excluding carboxylic acids is 1. The summed E-state index contributed by atoms with van der Waals surface area (Å²) in [4.78, 5) is 21.5. The number of aromatic nitrogens is 1. The van der Waals surface area contributed by atoms with Gasteiger partial charge in [-0.05, 0) is 43.2 Å². The minimum atomic E-state index is 0.141. The van der Waals surface area contributed by atoms with Crippen molar-refractivity contribution in [2.24, 2.45) is 0 Å². The van der Waals surface area contributed by atoms with E-state index in [1.165, 1.54) is 0 Å². The molecule has 2 aliphatic heterocycles. The quantitative estimate of drug-likeness (QED) is 0.847. The number of ether oxygens (including phenoxy) is 1. The Labute approximate surface area is 154 Å². The smallest absolute Gasteiger partial charge is 0.254 e. The first-order chi connectivity index (χ1) is 12.6. The summed E-state index contributed by atoms with van der Waals surface area (Å²) in [6, 6.07) is 14.1. The van der Waals surface area contributed by atoms with Crippen LogP contribution < -0.4 is 9.64 Å². The fourth-order valence-electron chi connectivity index (χ4n) is 4.19. The van der Waals surface area contributed by atoms with Gasteiger partial charge in [-0.3, -0.25) is 4.79 Å². The van der Waals surface area contributed by atoms with Gasteiger partial charge >= 0.3 is 0 Å². The van der Waals surface area contributed by atoms with Gasteiger partial charge in [-0.25, -0.2) is 4.98 Å². The van der Waals surface area contributed by atoms with Gasteiger partial charge in [-0.1, -0.05) is 6.07 Å². The summed E-state index contributed by atoms with van der Waals surface area (Å²) in [5.74, 6) is 0.829. The highest BCUT2D eigenvalue weighted by atomic mass is 16.5. The summed E-state index contributed by atoms with van der Waals surface area (Å²) >= 11 is 0. The molecule has 2 bridgehead atoms. The lowest BCUT2D eigenvalue weighted by Crippen LogP contribution is -2.49. The van der Waals surface area contributed by atoms with Gasteiger partial charge < -0.3 is 14.5 Å². The van der Waals surface area contributed by atoms with E-state index < -0.39 is 0 Å². The number of rotatable bonds is 4. The molecule has 5 heteroatoms. The van der Waals surface area contributed by atoms with Crippen molar-refractivity contribution in [1.82, 2.24) is 9.88 Å². The zero-order valence-electron chi connectivity index (χ0n) is 15.3. The maximum absolute atomic E-state index is 13.1. The number of benzene rings is 1. The van der Waals surface area contributed by atoms with Crippen molar-refractivity contribution >= 4 is 11.6 Å². The molecular formula is C21H25N3O2. The molecule has 0 spiro atoms. The monoisotopic (exact) mass is 351 g/mol. The van der Waals surface area contributed by atoms with Gasteiger partial charge in [0.15, 0.2) is 0 Å². The van der Waals surface area contributed by atoms with Crippen LogP contribution in [0.25, 0.3) is 0 Å². The third-order valence-corrected chi connectivity index (χ3v) is 5.48. The molecule has 3 heterocycles. The Morgan fingerprint density at radius 2 is 1.77 bits per heavy atom. The molecule has 5 nitrogen and oxygen atoms in total. The van der Waals surface area contributed by atoms with Gasteiger partial charge in [0, 0.05) is 62.5 Å². The summed E-state index contributed by atoms with van der Waals surface area (Å²) < 4.78 is 6.06. The minimum absolute atomic E-state index is 0.141. The molecule has 0 radical (unpaired) electrons. The molecule has 4 rings (SSSR count). The molecule has 136 valence electrons. The van der Waals surface area contributed by atoms with E-state index in [0.29, 0.717) is 5.88 Å². The standard InChI is InChI=1S/C21H25N3O2/c1-23(2)16-8-6-15(7-9-16)21(25)24-17-10-11-18(24)14-19(13-17)26-20-5-3-4-12-22-20/h3-9,12,17-19H,10-11,13-14H2,1-2H3. The first-order valence-corrected chi connectivity index (χ1v) is 9.29. The molecule has 2 saturated heterocycles. The predicted octanol–water partition coefficient (Wildman–Crippen LogP) is 3.36. The van der Waals surface area contributed by atoms with E-state index in [1.807, 2.05) is 61.5 Å². The maximum atomic E-state index is 13.1. The Morgan fingerprint density at radius 3 is 2.35 bits per heavy atom. The van der Waals surface area contributed by atoms with Crippen LogP contribution in [0.3, 0.4) is 0 Å². The second-order valence-corrected chi connectivity index (χ2v) is 7.42. The zero-order chi connectivity index (χ0) is 18.1. The van der Waals surface area contributed by atoms with E-state index in [1.54, 1.807) is 6.20 Å². The number of anilines is 1. The number of hydrogen-bond donors (Lipinski definition) is 0. The molecule has 2 aliphatic rings. The molecule has 1 aromatic carbocycles. The molecule has 1 aromatic heterocycles. The van der Waals surface area contributed by atoms with Crippen LogP contribution in [0.2, 0.25) is 0 Å². The van der Waals surface area contributed by atoms with E-state index in [9.17, 15) is 4.79 Å². The normalized spacial score (nSPS) is 24.4. The molecule has 1 amide bonds. The lowest BCUT2D eigenvalue weighted by Gasteiger charge is -2.38. The van der Waals surface area contributed by atoms with Crippen molar-refractivity contribution in [3.05, 3.63) is 54.2 Å². The van der Waals surface area contributed by atoms with Crippen LogP contribution in [0, 0.1) is 0 Å². The second kappa shape index (κ2) is 6.98. The number of nitrogens with zero attached hydrogens (tertiary/aromatic N) is 3. The van der Waals surface area contributed by atoms with Crippen molar-refractivity contribution in [1.29, 1.82) is 0 Å². The first kappa shape index (κ1) is 16.9. The predicted molar refractivity (Wildman–Crippen MR) is 102 cm³/mol. The van der Waals surface area contributed by atoms with Crippen molar-refractivity contribution in [3.8, 4) is 5.88 Å². The highest BCUT2D eigenvalue weighted by molar-refractivity contribution is 5.95.